The second-order valence-electron chi connectivity index (χ2n) is 10.7. The number of furan rings is 1. The number of carbonyl (C=O) groups excluding carboxylic acids is 1. The fraction of sp³-hybridized carbons (Fsp3) is 0.400. The molecule has 0 atom stereocenters. The predicted molar refractivity (Wildman–Crippen MR) is 146 cm³/mol. The van der Waals surface area contributed by atoms with Gasteiger partial charge in [0.15, 0.2) is 5.82 Å². The molecule has 1 amide bonds. The summed E-state index contributed by atoms with van der Waals surface area (Å²) in [5, 5.41) is 15.8. The van der Waals surface area contributed by atoms with E-state index in [0.29, 0.717) is 43.4 Å². The van der Waals surface area contributed by atoms with E-state index in [9.17, 15) is 14.7 Å². The van der Waals surface area contributed by atoms with E-state index in [1.807, 2.05) is 36.4 Å². The van der Waals surface area contributed by atoms with Crippen molar-refractivity contribution in [3.8, 4) is 16.8 Å². The number of rotatable bonds is 6. The molecule has 1 saturated carbocycles. The van der Waals surface area contributed by atoms with Crippen LogP contribution in [0.2, 0.25) is 0 Å². The lowest BCUT2D eigenvalue weighted by atomic mass is 9.82. The molecular formula is C30H32N4O5. The molecule has 1 aromatic carbocycles. The zero-order valence-corrected chi connectivity index (χ0v) is 22.0. The molecule has 2 fully saturated rings. The van der Waals surface area contributed by atoms with Crippen LogP contribution in [0.5, 0.6) is 0 Å². The number of carbonyl (C=O) groups is 2. The van der Waals surface area contributed by atoms with Crippen LogP contribution in [0.25, 0.3) is 27.9 Å². The third-order valence-corrected chi connectivity index (χ3v) is 8.08. The van der Waals surface area contributed by atoms with Crippen molar-refractivity contribution in [2.45, 2.75) is 51.5 Å². The lowest BCUT2D eigenvalue weighted by Gasteiger charge is -2.37. The van der Waals surface area contributed by atoms with E-state index in [4.69, 9.17) is 14.3 Å². The predicted octanol–water partition coefficient (Wildman–Crippen LogP) is 5.72. The van der Waals surface area contributed by atoms with Gasteiger partial charge in [0.2, 0.25) is 11.6 Å². The summed E-state index contributed by atoms with van der Waals surface area (Å²) in [5.41, 5.74) is 3.23. The minimum atomic E-state index is -1.10. The van der Waals surface area contributed by atoms with Gasteiger partial charge < -0.3 is 14.3 Å². The molecule has 1 saturated heterocycles. The number of aromatic nitrogens is 3. The minimum Gasteiger partial charge on any atom is -0.477 e. The van der Waals surface area contributed by atoms with Gasteiger partial charge in [-0.25, -0.2) is 14.5 Å². The number of carboxylic acid groups (broad SMARTS) is 1. The summed E-state index contributed by atoms with van der Waals surface area (Å²) in [6.45, 7) is 3.30. The van der Waals surface area contributed by atoms with Gasteiger partial charge in [-0.15, -0.1) is 5.10 Å². The number of ether oxygens (including phenoxy) is 1. The summed E-state index contributed by atoms with van der Waals surface area (Å²) >= 11 is 0. The van der Waals surface area contributed by atoms with Gasteiger partial charge in [0, 0.05) is 48.5 Å². The highest BCUT2D eigenvalue weighted by Crippen LogP contribution is 2.34. The van der Waals surface area contributed by atoms with Crippen LogP contribution >= 0.6 is 0 Å². The Balaban J connectivity index is 1.33. The molecule has 1 aliphatic carbocycles. The maximum Gasteiger partial charge on any atom is 0.341 e. The van der Waals surface area contributed by atoms with E-state index < -0.39 is 5.97 Å². The Morgan fingerprint density at radius 3 is 2.46 bits per heavy atom. The van der Waals surface area contributed by atoms with Crippen molar-refractivity contribution in [1.82, 2.24) is 14.8 Å². The lowest BCUT2D eigenvalue weighted by Crippen LogP contribution is -2.47. The summed E-state index contributed by atoms with van der Waals surface area (Å²) in [6.07, 6.45) is 9.86. The SMILES string of the molecule is C[C@H]1CC[C@H](C(=O)N(c2nn(-c3ccc(-c4cnc5occc5c4)cc3)cc2C(=O)O)C2CCOCC2)CC1. The number of fused-ring (bicyclic) bond motifs is 1. The summed E-state index contributed by atoms with van der Waals surface area (Å²) in [7, 11) is 0. The largest absolute Gasteiger partial charge is 0.477 e. The van der Waals surface area contributed by atoms with Crippen LogP contribution < -0.4 is 4.90 Å². The van der Waals surface area contributed by atoms with Gasteiger partial charge in [0.25, 0.3) is 0 Å². The van der Waals surface area contributed by atoms with Crippen LogP contribution in [-0.2, 0) is 9.53 Å². The number of hydrogen-bond donors (Lipinski definition) is 1. The molecule has 0 radical (unpaired) electrons. The zero-order valence-electron chi connectivity index (χ0n) is 22.0. The number of hydrogen-bond acceptors (Lipinski definition) is 6. The zero-order chi connectivity index (χ0) is 26.9. The van der Waals surface area contributed by atoms with Crippen molar-refractivity contribution in [2.75, 3.05) is 18.1 Å². The van der Waals surface area contributed by atoms with Gasteiger partial charge in [0.05, 0.1) is 12.0 Å². The van der Waals surface area contributed by atoms with E-state index in [1.54, 1.807) is 22.0 Å². The molecule has 9 heteroatoms. The van der Waals surface area contributed by atoms with E-state index in [2.05, 4.69) is 11.9 Å². The maximum absolute atomic E-state index is 13.9. The molecule has 1 N–H and O–H groups in total. The first-order valence-corrected chi connectivity index (χ1v) is 13.7. The normalized spacial score (nSPS) is 20.2. The van der Waals surface area contributed by atoms with Gasteiger partial charge in [-0.05, 0) is 74.3 Å². The van der Waals surface area contributed by atoms with Crippen LogP contribution in [-0.4, -0.2) is 51.0 Å². The number of carboxylic acids is 1. The second kappa shape index (κ2) is 10.6. The standard InChI is InChI=1S/C30H32N4O5/c1-19-2-4-21(5-3-19)29(35)34(25-11-13-38-14-12-25)27-26(30(36)37)18-33(32-27)24-8-6-20(7-9-24)23-16-22-10-15-39-28(22)31-17-23/h6-10,15-19,21,25H,2-5,11-14H2,1H3,(H,36,37)/t19-,21-. The summed E-state index contributed by atoms with van der Waals surface area (Å²) < 4.78 is 12.4. The quantitative estimate of drug-likeness (QED) is 0.341. The molecule has 3 aromatic heterocycles. The Morgan fingerprint density at radius 2 is 1.74 bits per heavy atom. The second-order valence-corrected chi connectivity index (χ2v) is 10.7. The average molecular weight is 529 g/mol. The van der Waals surface area contributed by atoms with Gasteiger partial charge in [0.1, 0.15) is 5.56 Å². The van der Waals surface area contributed by atoms with Gasteiger partial charge in [-0.1, -0.05) is 19.1 Å². The molecule has 2 aliphatic rings. The summed E-state index contributed by atoms with van der Waals surface area (Å²) in [6, 6.07) is 11.4. The Morgan fingerprint density at radius 1 is 1.00 bits per heavy atom. The highest BCUT2D eigenvalue weighted by molar-refractivity contribution is 6.02. The van der Waals surface area contributed by atoms with E-state index >= 15 is 0 Å². The number of anilines is 1. The fourth-order valence-electron chi connectivity index (χ4n) is 5.75. The number of aromatic carboxylic acids is 1. The van der Waals surface area contributed by atoms with E-state index in [-0.39, 0.29) is 29.2 Å². The third-order valence-electron chi connectivity index (χ3n) is 8.08. The summed E-state index contributed by atoms with van der Waals surface area (Å²) in [4.78, 5) is 32.4. The molecule has 6 rings (SSSR count). The van der Waals surface area contributed by atoms with Crippen molar-refractivity contribution < 1.29 is 23.8 Å². The monoisotopic (exact) mass is 528 g/mol. The lowest BCUT2D eigenvalue weighted by molar-refractivity contribution is -0.124. The van der Waals surface area contributed by atoms with Crippen LogP contribution in [0.1, 0.15) is 55.8 Å². The molecular weight excluding hydrogens is 496 g/mol. The number of nitrogens with zero attached hydrogens (tertiary/aromatic N) is 4. The number of benzene rings is 1. The van der Waals surface area contributed by atoms with E-state index in [0.717, 1.165) is 42.2 Å². The highest BCUT2D eigenvalue weighted by Gasteiger charge is 2.37. The van der Waals surface area contributed by atoms with Crippen molar-refractivity contribution in [3.05, 3.63) is 60.6 Å². The average Bonchev–Trinajstić information content (AvgIpc) is 3.62. The van der Waals surface area contributed by atoms with Crippen LogP contribution in [0.3, 0.4) is 0 Å². The van der Waals surface area contributed by atoms with Gasteiger partial charge in [-0.3, -0.25) is 9.69 Å². The van der Waals surface area contributed by atoms with Gasteiger partial charge >= 0.3 is 5.97 Å². The Kier molecular flexibility index (Phi) is 6.91. The molecule has 202 valence electrons. The molecule has 0 bridgehead atoms. The fourth-order valence-corrected chi connectivity index (χ4v) is 5.75. The molecule has 1 aliphatic heterocycles. The Bertz CT molecular complexity index is 1480. The van der Waals surface area contributed by atoms with Crippen LogP contribution in [0.4, 0.5) is 5.82 Å². The minimum absolute atomic E-state index is 0.0148. The van der Waals surface area contributed by atoms with Crippen molar-refractivity contribution in [3.63, 3.8) is 0 Å². The van der Waals surface area contributed by atoms with Gasteiger partial charge in [-0.2, -0.15) is 0 Å². The van der Waals surface area contributed by atoms with Crippen LogP contribution in [0, 0.1) is 11.8 Å². The number of pyridine rings is 1. The Labute approximate surface area is 226 Å². The summed E-state index contributed by atoms with van der Waals surface area (Å²) in [5.74, 6) is -0.402. The third kappa shape index (κ3) is 5.06. The smallest absolute Gasteiger partial charge is 0.341 e. The molecule has 9 nitrogen and oxygen atoms in total. The molecule has 0 spiro atoms. The van der Waals surface area contributed by atoms with E-state index in [1.165, 1.54) is 6.20 Å². The van der Waals surface area contributed by atoms with Crippen LogP contribution in [0.15, 0.2) is 59.5 Å². The topological polar surface area (TPSA) is 111 Å². The highest BCUT2D eigenvalue weighted by atomic mass is 16.5. The van der Waals surface area contributed by atoms with Crippen molar-refractivity contribution >= 4 is 28.8 Å². The maximum atomic E-state index is 13.9. The number of amides is 1. The molecule has 0 unspecified atom stereocenters. The molecule has 4 heterocycles. The Hall–Kier alpha value is -3.98. The first-order chi connectivity index (χ1) is 19.0. The first-order valence-electron chi connectivity index (χ1n) is 13.7. The van der Waals surface area contributed by atoms with Crippen molar-refractivity contribution in [1.29, 1.82) is 0 Å². The molecule has 4 aromatic rings. The van der Waals surface area contributed by atoms with Crippen molar-refractivity contribution in [2.24, 2.45) is 11.8 Å². The molecule has 39 heavy (non-hydrogen) atoms. The first kappa shape index (κ1) is 25.3.